The summed E-state index contributed by atoms with van der Waals surface area (Å²) in [5, 5.41) is 2.79. The Balaban J connectivity index is 2.28. The quantitative estimate of drug-likeness (QED) is 0.401. The van der Waals surface area contributed by atoms with E-state index in [0.29, 0.717) is 31.6 Å². The number of methoxy groups -OCH3 is 1. The Hall–Kier alpha value is -2.46. The minimum atomic E-state index is -3.25. The fourth-order valence-electron chi connectivity index (χ4n) is 3.54. The van der Waals surface area contributed by atoms with Gasteiger partial charge in [-0.15, -0.1) is 0 Å². The van der Waals surface area contributed by atoms with Crippen LogP contribution in [0.2, 0.25) is 0 Å². The van der Waals surface area contributed by atoms with Gasteiger partial charge in [-0.2, -0.15) is 0 Å². The predicted molar refractivity (Wildman–Crippen MR) is 126 cm³/mol. The van der Waals surface area contributed by atoms with Crippen molar-refractivity contribution in [2.45, 2.75) is 59.1 Å². The molecule has 192 valence electrons. The molecular formula is C24H38FN3O6. The molecule has 1 aliphatic heterocycles. The summed E-state index contributed by atoms with van der Waals surface area (Å²) in [6.45, 7) is 6.72. The van der Waals surface area contributed by atoms with E-state index in [1.54, 1.807) is 53.9 Å². The lowest BCUT2D eigenvalue weighted by Crippen LogP contribution is -2.54. The molecular weight excluding hydrogens is 445 g/mol. The summed E-state index contributed by atoms with van der Waals surface area (Å²) in [6, 6.07) is 3.28. The van der Waals surface area contributed by atoms with Crippen molar-refractivity contribution in [1.29, 1.82) is 0 Å². The van der Waals surface area contributed by atoms with Crippen LogP contribution >= 0.6 is 0 Å². The van der Waals surface area contributed by atoms with E-state index >= 15 is 0 Å². The molecule has 0 aromatic carbocycles. The van der Waals surface area contributed by atoms with Crippen molar-refractivity contribution in [3.8, 4) is 5.88 Å². The number of amides is 1. The van der Waals surface area contributed by atoms with Crippen molar-refractivity contribution >= 4 is 17.6 Å². The molecule has 1 amide bonds. The maximum atomic E-state index is 13.2. The number of esters is 1. The zero-order valence-electron chi connectivity index (χ0n) is 22.9. The summed E-state index contributed by atoms with van der Waals surface area (Å²) < 4.78 is 48.2. The summed E-state index contributed by atoms with van der Waals surface area (Å²) in [5.41, 5.74) is -1.23. The lowest BCUT2D eigenvalue weighted by atomic mass is 9.92. The molecule has 1 saturated heterocycles. The first-order valence-electron chi connectivity index (χ1n) is 12.5. The molecule has 10 heteroatoms. The molecule has 0 unspecified atom stereocenters. The highest BCUT2D eigenvalue weighted by molar-refractivity contribution is 5.97. The average molecular weight is 486 g/mol. The summed E-state index contributed by atoms with van der Waals surface area (Å²) in [6.07, 6.45) is 0.757. The van der Waals surface area contributed by atoms with E-state index in [-0.39, 0.29) is 37.5 Å². The third-order valence-electron chi connectivity index (χ3n) is 5.94. The maximum Gasteiger partial charge on any atom is 0.331 e. The lowest BCUT2D eigenvalue weighted by molar-refractivity contribution is -0.151. The third-order valence-corrected chi connectivity index (χ3v) is 5.94. The highest BCUT2D eigenvalue weighted by Gasteiger charge is 2.39. The highest BCUT2D eigenvalue weighted by Crippen LogP contribution is 2.32. The number of ether oxygens (including phenoxy) is 4. The first-order chi connectivity index (χ1) is 16.8. The second-order valence-electron chi connectivity index (χ2n) is 9.07. The molecule has 9 nitrogen and oxygen atoms in total. The van der Waals surface area contributed by atoms with E-state index < -0.39 is 29.6 Å². The van der Waals surface area contributed by atoms with Crippen molar-refractivity contribution < 1.29 is 35.7 Å². The van der Waals surface area contributed by atoms with Crippen molar-refractivity contribution in [2.75, 3.05) is 51.7 Å². The zero-order chi connectivity index (χ0) is 27.1. The van der Waals surface area contributed by atoms with E-state index in [9.17, 15) is 14.0 Å². The molecule has 1 aromatic rings. The van der Waals surface area contributed by atoms with Crippen LogP contribution in [0.5, 0.6) is 5.88 Å². The number of hydrogen-bond donors (Lipinski definition) is 1. The van der Waals surface area contributed by atoms with Gasteiger partial charge in [-0.1, -0.05) is 27.7 Å². The van der Waals surface area contributed by atoms with Gasteiger partial charge in [0.1, 0.15) is 16.9 Å². The van der Waals surface area contributed by atoms with Crippen LogP contribution in [0, 0.1) is 5.41 Å². The van der Waals surface area contributed by atoms with E-state index in [4.69, 9.17) is 17.0 Å². The van der Waals surface area contributed by atoms with Crippen molar-refractivity contribution in [3.63, 3.8) is 0 Å². The Labute approximate surface area is 204 Å². The Morgan fingerprint density at radius 1 is 1.24 bits per heavy atom. The van der Waals surface area contributed by atoms with E-state index in [0.717, 1.165) is 0 Å². The number of alkyl halides is 1. The fourth-order valence-corrected chi connectivity index (χ4v) is 3.54. The Morgan fingerprint density at radius 2 is 1.91 bits per heavy atom. The van der Waals surface area contributed by atoms with Crippen molar-refractivity contribution in [1.82, 2.24) is 10.3 Å². The molecule has 0 saturated carbocycles. The van der Waals surface area contributed by atoms with Crippen LogP contribution in [0.3, 0.4) is 0 Å². The molecule has 1 N–H and O–H groups in total. The summed E-state index contributed by atoms with van der Waals surface area (Å²) in [4.78, 5) is 32.2. The van der Waals surface area contributed by atoms with Crippen LogP contribution in [0.15, 0.2) is 12.1 Å². The number of aromatic nitrogens is 1. The van der Waals surface area contributed by atoms with Gasteiger partial charge in [0.25, 0.3) is 5.91 Å². The molecule has 2 rings (SSSR count). The smallest absolute Gasteiger partial charge is 0.331 e. The maximum absolute atomic E-state index is 13.2. The highest BCUT2D eigenvalue weighted by atomic mass is 19.1. The molecule has 34 heavy (non-hydrogen) atoms. The number of rotatable bonds is 14. The van der Waals surface area contributed by atoms with E-state index in [2.05, 4.69) is 15.0 Å². The molecule has 1 aliphatic rings. The first-order valence-corrected chi connectivity index (χ1v) is 11.5. The van der Waals surface area contributed by atoms with Gasteiger partial charge in [-0.3, -0.25) is 4.79 Å². The minimum absolute atomic E-state index is 0.0202. The van der Waals surface area contributed by atoms with Gasteiger partial charge < -0.3 is 29.2 Å². The van der Waals surface area contributed by atoms with Crippen molar-refractivity contribution in [3.05, 3.63) is 17.8 Å². The van der Waals surface area contributed by atoms with Crippen molar-refractivity contribution in [2.24, 2.45) is 5.41 Å². The number of anilines is 1. The molecule has 0 radical (unpaired) electrons. The normalized spacial score (nSPS) is 15.8. The largest absolute Gasteiger partial charge is 0.476 e. The topological polar surface area (TPSA) is 99.2 Å². The number of carbonyl (C=O) groups is 2. The summed E-state index contributed by atoms with van der Waals surface area (Å²) in [7, 11) is 1.63. The van der Waals surface area contributed by atoms with Gasteiger partial charge in [-0.05, 0) is 31.9 Å². The molecule has 2 heterocycles. The molecule has 1 fully saturated rings. The third kappa shape index (κ3) is 6.79. The van der Waals surface area contributed by atoms with Gasteiger partial charge in [0.15, 0.2) is 6.81 Å². The lowest BCUT2D eigenvalue weighted by Gasteiger charge is -2.40. The van der Waals surface area contributed by atoms with Crippen LogP contribution in [0.1, 0.15) is 60.7 Å². The van der Waals surface area contributed by atoms with Gasteiger partial charge in [0.2, 0.25) is 5.88 Å². The Bertz CT molecular complexity index is 902. The monoisotopic (exact) mass is 485 g/mol. The fraction of sp³-hybridized carbons (Fsp3) is 0.708. The second kappa shape index (κ2) is 12.3. The number of hydrogen-bond acceptors (Lipinski definition) is 8. The average Bonchev–Trinajstić information content (AvgIpc) is 2.79. The number of pyridine rings is 1. The van der Waals surface area contributed by atoms with Gasteiger partial charge >= 0.3 is 5.97 Å². The zero-order valence-corrected chi connectivity index (χ0v) is 20.9. The van der Waals surface area contributed by atoms with Gasteiger partial charge in [-0.25, -0.2) is 14.2 Å². The number of nitrogens with one attached hydrogen (secondary N) is 1. The van der Waals surface area contributed by atoms with Crippen LogP contribution < -0.4 is 15.0 Å². The van der Waals surface area contributed by atoms with Crippen LogP contribution in [0.25, 0.3) is 0 Å². The number of halogens is 1. The van der Waals surface area contributed by atoms with Gasteiger partial charge in [0, 0.05) is 25.6 Å². The molecule has 0 atom stereocenters. The second-order valence-corrected chi connectivity index (χ2v) is 9.07. The molecule has 0 bridgehead atoms. The Kier molecular flexibility index (Phi) is 8.92. The minimum Gasteiger partial charge on any atom is -0.476 e. The molecule has 1 aromatic heterocycles. The number of nitrogens with zero attached hydrogens (tertiary/aromatic N) is 2. The molecule has 0 aliphatic carbocycles. The predicted octanol–water partition coefficient (Wildman–Crippen LogP) is 3.12. The molecule has 0 spiro atoms. The Morgan fingerprint density at radius 3 is 2.47 bits per heavy atom. The van der Waals surface area contributed by atoms with Crippen LogP contribution in [0.4, 0.5) is 10.1 Å². The van der Waals surface area contributed by atoms with Crippen LogP contribution in [-0.4, -0.2) is 75.3 Å². The summed E-state index contributed by atoms with van der Waals surface area (Å²) >= 11 is 0. The van der Waals surface area contributed by atoms with Gasteiger partial charge in [0.05, 0.1) is 28.7 Å². The van der Waals surface area contributed by atoms with Crippen LogP contribution in [-0.2, 0) is 19.0 Å². The first kappa shape index (κ1) is 24.7. The summed E-state index contributed by atoms with van der Waals surface area (Å²) in [5.74, 6) is -0.866. The van der Waals surface area contributed by atoms with E-state index in [1.807, 2.05) is 4.90 Å². The van der Waals surface area contributed by atoms with E-state index in [1.165, 1.54) is 0 Å². The SMILES string of the molecule is [2H]C([2H])(F)OCC(C)(C)COc1nc(C(=O)NC(CC)(CC)C(=O)OCC)ccc1N1CC(OC)C1. The standard InChI is InChI=1S/C24H38FN3O6/c1-7-24(8-2,22(30)33-9-3)27-20(29)18-10-11-19(28-12-17(13-28)31-6)21(26-18)34-15-23(4,5)14-32-16-25/h10-11,17H,7-9,12-16H2,1-6H3,(H,27,29)/i16D2. The number of carbonyl (C=O) groups excluding carboxylic acids is 2.